The fourth-order valence-corrected chi connectivity index (χ4v) is 3.79. The molecule has 2 rings (SSSR count). The Morgan fingerprint density at radius 1 is 1.10 bits per heavy atom. The van der Waals surface area contributed by atoms with Crippen molar-refractivity contribution in [2.75, 3.05) is 7.05 Å². The van der Waals surface area contributed by atoms with E-state index < -0.39 is 42.0 Å². The molecule has 0 saturated heterocycles. The number of carboxylic acids is 1. The zero-order valence-corrected chi connectivity index (χ0v) is 18.6. The van der Waals surface area contributed by atoms with E-state index in [1.807, 2.05) is 45.9 Å². The van der Waals surface area contributed by atoms with Crippen LogP contribution in [0.2, 0.25) is 0 Å². The van der Waals surface area contributed by atoms with Crippen molar-refractivity contribution < 1.29 is 23.5 Å². The maximum Gasteiger partial charge on any atom is 0.305 e. The Morgan fingerprint density at radius 3 is 2.23 bits per heavy atom. The molecule has 7 heteroatoms. The van der Waals surface area contributed by atoms with E-state index in [4.69, 9.17) is 0 Å². The number of carbonyl (C=O) groups is 2. The van der Waals surface area contributed by atoms with Crippen LogP contribution in [0.25, 0.3) is 11.1 Å². The molecule has 168 valence electrons. The summed E-state index contributed by atoms with van der Waals surface area (Å²) in [7, 11) is 1.63. The van der Waals surface area contributed by atoms with Gasteiger partial charge in [-0.2, -0.15) is 0 Å². The molecule has 0 fully saturated rings. The lowest BCUT2D eigenvalue weighted by Crippen LogP contribution is -2.45. The third-order valence-corrected chi connectivity index (χ3v) is 5.27. The standard InChI is InChI=1S/C24H30F2N2O3/c1-13(2)9-20(27-5)24(31)28-19(12-21(29)30)17-10-16(11-18(25)23(17)26)22-14(3)7-6-8-15(22)4/h6-8,10-11,13,19-20,27H,9,12H2,1-5H3,(H,28,31)(H,29,30)/t19-,20?/m0/s1. The van der Waals surface area contributed by atoms with E-state index in [2.05, 4.69) is 10.6 Å². The van der Waals surface area contributed by atoms with Crippen LogP contribution in [-0.2, 0) is 9.59 Å². The van der Waals surface area contributed by atoms with Gasteiger partial charge in [-0.1, -0.05) is 32.0 Å². The first-order valence-corrected chi connectivity index (χ1v) is 10.3. The molecule has 0 bridgehead atoms. The van der Waals surface area contributed by atoms with Crippen molar-refractivity contribution in [3.8, 4) is 11.1 Å². The molecule has 0 aliphatic rings. The highest BCUT2D eigenvalue weighted by molar-refractivity contribution is 5.83. The number of aliphatic carboxylic acids is 1. The Kier molecular flexibility index (Phi) is 8.28. The van der Waals surface area contributed by atoms with E-state index in [9.17, 15) is 23.5 Å². The summed E-state index contributed by atoms with van der Waals surface area (Å²) in [5.74, 6) is -3.73. The zero-order chi connectivity index (χ0) is 23.3. The predicted molar refractivity (Wildman–Crippen MR) is 117 cm³/mol. The van der Waals surface area contributed by atoms with Crippen LogP contribution in [0, 0.1) is 31.4 Å². The van der Waals surface area contributed by atoms with Gasteiger partial charge in [-0.15, -0.1) is 0 Å². The summed E-state index contributed by atoms with van der Waals surface area (Å²) in [5.41, 5.74) is 2.75. The molecule has 2 atom stereocenters. The van der Waals surface area contributed by atoms with Gasteiger partial charge < -0.3 is 15.7 Å². The maximum absolute atomic E-state index is 14.8. The molecule has 31 heavy (non-hydrogen) atoms. The number of nitrogens with one attached hydrogen (secondary N) is 2. The molecule has 0 spiro atoms. The molecule has 0 aromatic heterocycles. The van der Waals surface area contributed by atoms with Gasteiger partial charge in [-0.05, 0) is 67.6 Å². The summed E-state index contributed by atoms with van der Waals surface area (Å²) in [6.45, 7) is 7.64. The molecule has 0 aliphatic heterocycles. The first-order valence-electron chi connectivity index (χ1n) is 10.3. The molecule has 0 heterocycles. The van der Waals surface area contributed by atoms with Crippen LogP contribution in [-0.4, -0.2) is 30.1 Å². The van der Waals surface area contributed by atoms with Gasteiger partial charge in [0.1, 0.15) is 0 Å². The number of benzene rings is 2. The molecule has 0 radical (unpaired) electrons. The van der Waals surface area contributed by atoms with Crippen LogP contribution in [0.3, 0.4) is 0 Å². The molecular formula is C24H30F2N2O3. The highest BCUT2D eigenvalue weighted by Gasteiger charge is 2.27. The van der Waals surface area contributed by atoms with Crippen LogP contribution >= 0.6 is 0 Å². The zero-order valence-electron chi connectivity index (χ0n) is 18.6. The predicted octanol–water partition coefficient (Wildman–Crippen LogP) is 4.51. The molecule has 2 aromatic carbocycles. The van der Waals surface area contributed by atoms with Gasteiger partial charge in [0.25, 0.3) is 0 Å². The van der Waals surface area contributed by atoms with Crippen LogP contribution in [0.5, 0.6) is 0 Å². The van der Waals surface area contributed by atoms with Crippen molar-refractivity contribution in [3.63, 3.8) is 0 Å². The van der Waals surface area contributed by atoms with E-state index in [0.29, 0.717) is 12.0 Å². The summed E-state index contributed by atoms with van der Waals surface area (Å²) >= 11 is 0. The number of hydrogen-bond donors (Lipinski definition) is 3. The van der Waals surface area contributed by atoms with Gasteiger partial charge in [0, 0.05) is 5.56 Å². The summed E-state index contributed by atoms with van der Waals surface area (Å²) in [6.07, 6.45) is -0.0577. The molecule has 1 amide bonds. The van der Waals surface area contributed by atoms with E-state index in [1.165, 1.54) is 6.07 Å². The van der Waals surface area contributed by atoms with E-state index in [-0.39, 0.29) is 11.5 Å². The van der Waals surface area contributed by atoms with Gasteiger partial charge in [-0.3, -0.25) is 9.59 Å². The van der Waals surface area contributed by atoms with Crippen LogP contribution in [0.1, 0.15) is 49.4 Å². The van der Waals surface area contributed by atoms with Crippen molar-refractivity contribution in [1.82, 2.24) is 10.6 Å². The fourth-order valence-electron chi connectivity index (χ4n) is 3.79. The lowest BCUT2D eigenvalue weighted by atomic mass is 9.92. The average molecular weight is 433 g/mol. The van der Waals surface area contributed by atoms with Gasteiger partial charge in [0.05, 0.1) is 18.5 Å². The van der Waals surface area contributed by atoms with Crippen LogP contribution in [0.4, 0.5) is 8.78 Å². The minimum absolute atomic E-state index is 0.187. The lowest BCUT2D eigenvalue weighted by molar-refractivity contribution is -0.137. The number of hydrogen-bond acceptors (Lipinski definition) is 3. The van der Waals surface area contributed by atoms with Crippen molar-refractivity contribution in [2.45, 2.75) is 52.6 Å². The smallest absolute Gasteiger partial charge is 0.305 e. The summed E-state index contributed by atoms with van der Waals surface area (Å²) < 4.78 is 29.4. The second-order valence-corrected chi connectivity index (χ2v) is 8.26. The van der Waals surface area contributed by atoms with Gasteiger partial charge >= 0.3 is 5.97 Å². The second-order valence-electron chi connectivity index (χ2n) is 8.26. The summed E-state index contributed by atoms with van der Waals surface area (Å²) in [4.78, 5) is 24.2. The normalized spacial score (nSPS) is 13.2. The molecule has 3 N–H and O–H groups in total. The topological polar surface area (TPSA) is 78.4 Å². The largest absolute Gasteiger partial charge is 0.481 e. The Bertz CT molecular complexity index is 940. The minimum atomic E-state index is -1.23. The van der Waals surface area contributed by atoms with E-state index >= 15 is 0 Å². The van der Waals surface area contributed by atoms with Crippen molar-refractivity contribution in [3.05, 3.63) is 58.7 Å². The second kappa shape index (κ2) is 10.5. The Hall–Kier alpha value is -2.80. The highest BCUT2D eigenvalue weighted by Crippen LogP contribution is 2.33. The first kappa shape index (κ1) is 24.5. The average Bonchev–Trinajstić information content (AvgIpc) is 2.67. The van der Waals surface area contributed by atoms with Crippen molar-refractivity contribution >= 4 is 11.9 Å². The minimum Gasteiger partial charge on any atom is -0.481 e. The van der Waals surface area contributed by atoms with Gasteiger partial charge in [0.15, 0.2) is 11.6 Å². The Balaban J connectivity index is 2.52. The summed E-state index contributed by atoms with van der Waals surface area (Å²) in [5, 5.41) is 14.9. The highest BCUT2D eigenvalue weighted by atomic mass is 19.2. The van der Waals surface area contributed by atoms with E-state index in [0.717, 1.165) is 22.8 Å². The lowest BCUT2D eigenvalue weighted by Gasteiger charge is -2.24. The van der Waals surface area contributed by atoms with Gasteiger partial charge in [-0.25, -0.2) is 8.78 Å². The molecule has 2 aromatic rings. The maximum atomic E-state index is 14.8. The van der Waals surface area contributed by atoms with Crippen molar-refractivity contribution in [2.24, 2.45) is 5.92 Å². The van der Waals surface area contributed by atoms with Crippen LogP contribution in [0.15, 0.2) is 30.3 Å². The molecule has 1 unspecified atom stereocenters. The third-order valence-electron chi connectivity index (χ3n) is 5.27. The Morgan fingerprint density at radius 2 is 1.71 bits per heavy atom. The number of rotatable bonds is 9. The monoisotopic (exact) mass is 432 g/mol. The molecule has 0 aliphatic carbocycles. The quantitative estimate of drug-likeness (QED) is 0.545. The fraction of sp³-hybridized carbons (Fsp3) is 0.417. The molecular weight excluding hydrogens is 402 g/mol. The van der Waals surface area contributed by atoms with Gasteiger partial charge in [0.2, 0.25) is 5.91 Å². The SMILES string of the molecule is CNC(CC(C)C)C(=O)N[C@@H](CC(=O)O)c1cc(-c2c(C)cccc2C)cc(F)c1F. The van der Waals surface area contributed by atoms with Crippen molar-refractivity contribution in [1.29, 1.82) is 0 Å². The first-order chi connectivity index (χ1) is 14.5. The van der Waals surface area contributed by atoms with Crippen LogP contribution < -0.4 is 10.6 Å². The summed E-state index contributed by atoms with van der Waals surface area (Å²) in [6, 6.07) is 6.33. The molecule has 0 saturated carbocycles. The number of aryl methyl sites for hydroxylation is 2. The van der Waals surface area contributed by atoms with E-state index in [1.54, 1.807) is 7.05 Å². The number of carbonyl (C=O) groups excluding carboxylic acids is 1. The number of halogens is 2. The number of likely N-dealkylation sites (N-methyl/N-ethyl adjacent to an activating group) is 1. The number of carboxylic acid groups (broad SMARTS) is 1. The Labute approximate surface area is 181 Å². The number of amides is 1. The molecule has 5 nitrogen and oxygen atoms in total. The third kappa shape index (κ3) is 6.10.